The maximum atomic E-state index is 13.4. The lowest BCUT2D eigenvalue weighted by Gasteiger charge is -2.20. The molecule has 1 aromatic carbocycles. The van der Waals surface area contributed by atoms with Gasteiger partial charge in [0.25, 0.3) is 0 Å². The zero-order chi connectivity index (χ0) is 21.4. The van der Waals surface area contributed by atoms with E-state index >= 15 is 0 Å². The number of anilines is 1. The quantitative estimate of drug-likeness (QED) is 0.556. The lowest BCUT2D eigenvalue weighted by atomic mass is 10.1. The number of rotatable bonds is 4. The van der Waals surface area contributed by atoms with Crippen molar-refractivity contribution < 1.29 is 17.9 Å². The maximum Gasteiger partial charge on any atom is 0.426 e. The first-order valence-corrected chi connectivity index (χ1v) is 10.4. The summed E-state index contributed by atoms with van der Waals surface area (Å²) in [7, 11) is -4.02. The topological polar surface area (TPSA) is 126 Å². The van der Waals surface area contributed by atoms with Crippen molar-refractivity contribution in [2.45, 2.75) is 50.1 Å². The number of carbonyl (C=O) groups excluding carboxylic acids is 1. The maximum absolute atomic E-state index is 13.4. The molecule has 0 unspecified atom stereocenters. The summed E-state index contributed by atoms with van der Waals surface area (Å²) in [6.45, 7) is 8.71. The van der Waals surface area contributed by atoms with Gasteiger partial charge in [-0.3, -0.25) is 5.43 Å². The van der Waals surface area contributed by atoms with Gasteiger partial charge >= 0.3 is 6.09 Å². The Balaban J connectivity index is 2.05. The van der Waals surface area contributed by atoms with Gasteiger partial charge in [-0.15, -0.1) is 0 Å². The molecule has 1 amide bonds. The first kappa shape index (κ1) is 20.6. The molecule has 0 saturated heterocycles. The van der Waals surface area contributed by atoms with Crippen molar-refractivity contribution in [3.05, 3.63) is 41.6 Å². The molecular weight excluding hydrogens is 394 g/mol. The summed E-state index contributed by atoms with van der Waals surface area (Å²) in [5.74, 6) is -0.108. The van der Waals surface area contributed by atoms with E-state index in [1.165, 1.54) is 6.07 Å². The fourth-order valence-electron chi connectivity index (χ4n) is 2.66. The van der Waals surface area contributed by atoms with E-state index in [0.29, 0.717) is 16.7 Å². The molecule has 0 saturated carbocycles. The van der Waals surface area contributed by atoms with E-state index < -0.39 is 21.5 Å². The number of aromatic amines is 1. The molecule has 0 aliphatic rings. The largest absolute Gasteiger partial charge is 0.443 e. The Kier molecular flexibility index (Phi) is 5.22. The van der Waals surface area contributed by atoms with E-state index in [9.17, 15) is 13.2 Å². The number of amides is 1. The van der Waals surface area contributed by atoms with Crippen LogP contribution in [0.5, 0.6) is 0 Å². The average molecular weight is 417 g/mol. The van der Waals surface area contributed by atoms with Crippen LogP contribution in [0.2, 0.25) is 0 Å². The van der Waals surface area contributed by atoms with Crippen molar-refractivity contribution in [2.24, 2.45) is 0 Å². The Morgan fingerprint density at radius 2 is 1.86 bits per heavy atom. The summed E-state index contributed by atoms with van der Waals surface area (Å²) in [4.78, 5) is 23.5. The van der Waals surface area contributed by atoms with Gasteiger partial charge in [0, 0.05) is 6.20 Å². The minimum atomic E-state index is -4.02. The monoisotopic (exact) mass is 417 g/mol. The predicted molar refractivity (Wildman–Crippen MR) is 108 cm³/mol. The number of hydrogen-bond donors (Lipinski definition) is 3. The van der Waals surface area contributed by atoms with E-state index in [2.05, 4.69) is 25.8 Å². The van der Waals surface area contributed by atoms with Gasteiger partial charge in [-0.25, -0.2) is 28.6 Å². The molecular formula is C19H23N5O4S. The van der Waals surface area contributed by atoms with Crippen molar-refractivity contribution in [1.29, 1.82) is 0 Å². The second kappa shape index (κ2) is 7.36. The smallest absolute Gasteiger partial charge is 0.426 e. The highest BCUT2D eigenvalue weighted by Gasteiger charge is 2.28. The van der Waals surface area contributed by atoms with Gasteiger partial charge in [0.2, 0.25) is 14.9 Å². The summed E-state index contributed by atoms with van der Waals surface area (Å²) < 4.78 is 31.9. The molecule has 0 spiro atoms. The fraction of sp³-hybridized carbons (Fsp3) is 0.316. The van der Waals surface area contributed by atoms with Gasteiger partial charge < -0.3 is 9.72 Å². The first-order chi connectivity index (χ1) is 13.5. The van der Waals surface area contributed by atoms with Crippen LogP contribution >= 0.6 is 0 Å². The molecule has 3 aromatic rings. The lowest BCUT2D eigenvalue weighted by molar-refractivity contribution is 0.0540. The van der Waals surface area contributed by atoms with Crippen molar-refractivity contribution in [1.82, 2.24) is 20.4 Å². The van der Waals surface area contributed by atoms with Gasteiger partial charge in [0.15, 0.2) is 11.5 Å². The van der Waals surface area contributed by atoms with Crippen molar-refractivity contribution in [3.8, 4) is 0 Å². The number of aromatic nitrogens is 3. The van der Waals surface area contributed by atoms with E-state index in [0.717, 1.165) is 5.56 Å². The Morgan fingerprint density at radius 3 is 2.55 bits per heavy atom. The normalized spacial score (nSPS) is 12.0. The Morgan fingerprint density at radius 1 is 1.14 bits per heavy atom. The summed E-state index contributed by atoms with van der Waals surface area (Å²) >= 11 is 0. The lowest BCUT2D eigenvalue weighted by Crippen LogP contribution is -2.36. The van der Waals surface area contributed by atoms with Crippen LogP contribution in [-0.4, -0.2) is 35.1 Å². The third-order valence-electron chi connectivity index (χ3n) is 4.13. The molecule has 9 nitrogen and oxygen atoms in total. The molecule has 0 bridgehead atoms. The van der Waals surface area contributed by atoms with Gasteiger partial charge in [-0.2, -0.15) is 0 Å². The van der Waals surface area contributed by atoms with Crippen LogP contribution in [0, 0.1) is 13.8 Å². The van der Waals surface area contributed by atoms with Gasteiger partial charge in [0.1, 0.15) is 11.1 Å². The molecule has 0 atom stereocenters. The van der Waals surface area contributed by atoms with E-state index in [4.69, 9.17) is 4.74 Å². The molecule has 3 rings (SSSR count). The average Bonchev–Trinajstić information content (AvgIpc) is 3.07. The SMILES string of the molecule is Cc1cccc(S(=O)(=O)c2nc3[nH]ccc3nc2NNC(=O)OC(C)(C)C)c1C. The predicted octanol–water partition coefficient (Wildman–Crippen LogP) is 3.26. The van der Waals surface area contributed by atoms with Crippen LogP contribution in [0.15, 0.2) is 40.4 Å². The number of H-pyrrole nitrogens is 1. The van der Waals surface area contributed by atoms with Crippen molar-refractivity contribution in [3.63, 3.8) is 0 Å². The number of ether oxygens (including phenoxy) is 1. The first-order valence-electron chi connectivity index (χ1n) is 8.90. The second-order valence-corrected chi connectivity index (χ2v) is 9.38. The van der Waals surface area contributed by atoms with Crippen LogP contribution in [0.3, 0.4) is 0 Å². The summed E-state index contributed by atoms with van der Waals surface area (Å²) in [5.41, 5.74) is 6.35. The third kappa shape index (κ3) is 4.32. The van der Waals surface area contributed by atoms with E-state index in [1.54, 1.807) is 46.0 Å². The molecule has 0 radical (unpaired) electrons. The van der Waals surface area contributed by atoms with Gasteiger partial charge in [0.05, 0.1) is 4.90 Å². The molecule has 2 heterocycles. The summed E-state index contributed by atoms with van der Waals surface area (Å²) in [5, 5.41) is -0.308. The minimum Gasteiger partial charge on any atom is -0.443 e. The zero-order valence-electron chi connectivity index (χ0n) is 16.8. The number of nitrogens with one attached hydrogen (secondary N) is 3. The zero-order valence-corrected chi connectivity index (χ0v) is 17.6. The molecule has 0 aliphatic carbocycles. The molecule has 0 fully saturated rings. The van der Waals surface area contributed by atoms with Crippen LogP contribution in [-0.2, 0) is 14.6 Å². The highest BCUT2D eigenvalue weighted by molar-refractivity contribution is 7.91. The van der Waals surface area contributed by atoms with E-state index in [1.807, 2.05) is 13.0 Å². The molecule has 2 aromatic heterocycles. The molecule has 0 aliphatic heterocycles. The highest BCUT2D eigenvalue weighted by Crippen LogP contribution is 2.29. The number of hydrogen-bond acceptors (Lipinski definition) is 7. The standard InChI is InChI=1S/C19H23N5O4S/c1-11-7-6-8-14(12(11)2)29(26,27)17-16(21-13-9-10-20-15(13)22-17)23-24-18(25)28-19(3,4)5/h6-10H,1-5H3,(H,20,22)(H,21,23)(H,24,25). The Hall–Kier alpha value is -3.14. The number of nitrogens with zero attached hydrogens (tertiary/aromatic N) is 2. The van der Waals surface area contributed by atoms with Crippen LogP contribution < -0.4 is 10.9 Å². The summed E-state index contributed by atoms with van der Waals surface area (Å²) in [6, 6.07) is 6.66. The number of hydrazine groups is 1. The number of carbonyl (C=O) groups is 1. The fourth-order valence-corrected chi connectivity index (χ4v) is 4.25. The Bertz CT molecular complexity index is 1180. The minimum absolute atomic E-state index is 0.108. The number of fused-ring (bicyclic) bond motifs is 1. The van der Waals surface area contributed by atoms with Crippen LogP contribution in [0.25, 0.3) is 11.2 Å². The Labute approximate surface area is 168 Å². The molecule has 10 heteroatoms. The number of aryl methyl sites for hydroxylation is 1. The van der Waals surface area contributed by atoms with Gasteiger partial charge in [-0.05, 0) is 57.9 Å². The molecule has 3 N–H and O–H groups in total. The van der Waals surface area contributed by atoms with Crippen LogP contribution in [0.4, 0.5) is 10.6 Å². The van der Waals surface area contributed by atoms with E-state index in [-0.39, 0.29) is 15.7 Å². The molecule has 29 heavy (non-hydrogen) atoms. The number of sulfone groups is 1. The van der Waals surface area contributed by atoms with Gasteiger partial charge in [-0.1, -0.05) is 12.1 Å². The third-order valence-corrected chi connectivity index (χ3v) is 5.95. The van der Waals surface area contributed by atoms with Crippen molar-refractivity contribution in [2.75, 3.05) is 5.43 Å². The second-order valence-electron chi connectivity index (χ2n) is 7.54. The summed E-state index contributed by atoms with van der Waals surface area (Å²) in [6.07, 6.45) is 0.827. The van der Waals surface area contributed by atoms with Crippen molar-refractivity contribution >= 4 is 32.9 Å². The molecule has 154 valence electrons. The number of benzene rings is 1. The highest BCUT2D eigenvalue weighted by atomic mass is 32.2. The van der Waals surface area contributed by atoms with Crippen LogP contribution in [0.1, 0.15) is 31.9 Å².